The smallest absolute Gasteiger partial charge is 0.305 e. The van der Waals surface area contributed by atoms with Crippen molar-refractivity contribution < 1.29 is 24.5 Å². The molecule has 1 amide bonds. The van der Waals surface area contributed by atoms with Crippen LogP contribution in [0.5, 0.6) is 0 Å². The Kier molecular flexibility index (Phi) is 52.1. The molecule has 6 nitrogen and oxygen atoms in total. The van der Waals surface area contributed by atoms with Crippen molar-refractivity contribution in [2.45, 2.75) is 309 Å². The predicted octanol–water partition coefficient (Wildman–Crippen LogP) is 17.2. The van der Waals surface area contributed by atoms with Crippen LogP contribution >= 0.6 is 0 Å². The minimum atomic E-state index is -0.864. The maximum atomic E-state index is 12.5. The monoisotopic (exact) mass is 900 g/mol. The maximum Gasteiger partial charge on any atom is 0.305 e. The maximum absolute atomic E-state index is 12.5. The standard InChI is InChI=1S/C58H109NO5/c1-3-5-7-9-11-13-15-17-19-21-22-23-24-25-27-30-34-38-42-46-50-56(61)55(54-60)59-57(62)51-47-43-39-35-31-29-33-37-41-45-49-53-64-58(63)52-48-44-40-36-32-28-26-20-18-16-14-12-10-8-6-4-2/h20,26,33,37,46,50,55-56,60-61H,3-19,21-25,27-32,34-36,38-45,47-49,51-54H2,1-2H3,(H,59,62)/b26-20-,37-33-,50-46+. The second-order valence-electron chi connectivity index (χ2n) is 19.3. The first kappa shape index (κ1) is 62.1. The molecular weight excluding hydrogens is 791 g/mol. The van der Waals surface area contributed by atoms with Gasteiger partial charge in [0.05, 0.1) is 25.4 Å². The van der Waals surface area contributed by atoms with E-state index in [4.69, 9.17) is 4.74 Å². The third-order valence-corrected chi connectivity index (χ3v) is 12.9. The number of nitrogens with one attached hydrogen (secondary N) is 1. The van der Waals surface area contributed by atoms with Gasteiger partial charge in [-0.25, -0.2) is 0 Å². The SMILES string of the molecule is CCCCCCCCC/C=C\CCCCCCCC(=O)OCCCC/C=C\CCCCCCCC(=O)NC(CO)C(O)/C=C/CCCCCCCCCCCCCCCCCCCC. The number of rotatable bonds is 52. The van der Waals surface area contributed by atoms with Crippen molar-refractivity contribution >= 4 is 11.9 Å². The van der Waals surface area contributed by atoms with Crippen molar-refractivity contribution in [3.05, 3.63) is 36.5 Å². The average Bonchev–Trinajstić information content (AvgIpc) is 3.29. The normalized spacial score (nSPS) is 12.9. The molecule has 3 N–H and O–H groups in total. The molecule has 0 spiro atoms. The fraction of sp³-hybridized carbons (Fsp3) is 0.862. The van der Waals surface area contributed by atoms with Crippen molar-refractivity contribution in [2.75, 3.05) is 13.2 Å². The van der Waals surface area contributed by atoms with Gasteiger partial charge < -0.3 is 20.3 Å². The zero-order valence-corrected chi connectivity index (χ0v) is 42.8. The van der Waals surface area contributed by atoms with E-state index >= 15 is 0 Å². The van der Waals surface area contributed by atoms with Crippen molar-refractivity contribution in [1.29, 1.82) is 0 Å². The molecule has 0 rings (SSSR count). The minimum absolute atomic E-state index is 0.0403. The van der Waals surface area contributed by atoms with Crippen LogP contribution < -0.4 is 5.32 Å². The van der Waals surface area contributed by atoms with E-state index in [1.165, 1.54) is 186 Å². The highest BCUT2D eigenvalue weighted by Crippen LogP contribution is 2.16. The highest BCUT2D eigenvalue weighted by molar-refractivity contribution is 5.76. The molecule has 0 aliphatic carbocycles. The quantitative estimate of drug-likeness (QED) is 0.0321. The molecule has 0 aromatic heterocycles. The van der Waals surface area contributed by atoms with Crippen molar-refractivity contribution in [1.82, 2.24) is 5.32 Å². The lowest BCUT2D eigenvalue weighted by Gasteiger charge is -2.20. The topological polar surface area (TPSA) is 95.9 Å². The van der Waals surface area contributed by atoms with E-state index < -0.39 is 12.1 Å². The highest BCUT2D eigenvalue weighted by Gasteiger charge is 2.18. The Hall–Kier alpha value is -1.92. The molecule has 0 fully saturated rings. The van der Waals surface area contributed by atoms with E-state index in [0.717, 1.165) is 83.5 Å². The molecule has 0 bridgehead atoms. The number of ether oxygens (including phenoxy) is 1. The van der Waals surface area contributed by atoms with Crippen LogP contribution in [0.3, 0.4) is 0 Å². The molecule has 0 aromatic rings. The Morgan fingerprint density at radius 3 is 1.11 bits per heavy atom. The first-order valence-electron chi connectivity index (χ1n) is 28.3. The van der Waals surface area contributed by atoms with Gasteiger partial charge in [-0.3, -0.25) is 9.59 Å². The van der Waals surface area contributed by atoms with E-state index in [-0.39, 0.29) is 18.5 Å². The van der Waals surface area contributed by atoms with Gasteiger partial charge in [-0.15, -0.1) is 0 Å². The minimum Gasteiger partial charge on any atom is -0.466 e. The van der Waals surface area contributed by atoms with Gasteiger partial charge in [0.1, 0.15) is 0 Å². The summed E-state index contributed by atoms with van der Waals surface area (Å²) in [6, 6.07) is -0.650. The summed E-state index contributed by atoms with van der Waals surface area (Å²) in [5.74, 6) is -0.136. The molecule has 2 unspecified atom stereocenters. The lowest BCUT2D eigenvalue weighted by atomic mass is 10.0. The summed E-state index contributed by atoms with van der Waals surface area (Å²) >= 11 is 0. The van der Waals surface area contributed by atoms with Gasteiger partial charge in [0.25, 0.3) is 0 Å². The average molecular weight is 901 g/mol. The molecule has 0 aliphatic heterocycles. The predicted molar refractivity (Wildman–Crippen MR) is 278 cm³/mol. The van der Waals surface area contributed by atoms with Crippen molar-refractivity contribution in [2.24, 2.45) is 0 Å². The number of carbonyl (C=O) groups is 2. The number of hydrogen-bond acceptors (Lipinski definition) is 5. The van der Waals surface area contributed by atoms with E-state index in [2.05, 4.69) is 43.5 Å². The number of carbonyl (C=O) groups excluding carboxylic acids is 2. The highest BCUT2D eigenvalue weighted by atomic mass is 16.5. The first-order valence-corrected chi connectivity index (χ1v) is 28.3. The Balaban J connectivity index is 3.55. The molecule has 64 heavy (non-hydrogen) atoms. The molecule has 0 radical (unpaired) electrons. The number of hydrogen-bond donors (Lipinski definition) is 3. The lowest BCUT2D eigenvalue weighted by Crippen LogP contribution is -2.45. The second-order valence-corrected chi connectivity index (χ2v) is 19.3. The first-order chi connectivity index (χ1) is 31.5. The van der Waals surface area contributed by atoms with Crippen molar-refractivity contribution in [3.63, 3.8) is 0 Å². The fourth-order valence-electron chi connectivity index (χ4n) is 8.50. The van der Waals surface area contributed by atoms with Gasteiger partial charge in [-0.1, -0.05) is 237 Å². The summed E-state index contributed by atoms with van der Waals surface area (Å²) in [7, 11) is 0. The third kappa shape index (κ3) is 49.5. The Labute approximate surface area is 398 Å². The van der Waals surface area contributed by atoms with Crippen LogP contribution in [0.15, 0.2) is 36.5 Å². The van der Waals surface area contributed by atoms with Gasteiger partial charge in [0.2, 0.25) is 5.91 Å². The van der Waals surface area contributed by atoms with Gasteiger partial charge in [-0.05, 0) is 83.5 Å². The van der Waals surface area contributed by atoms with Crippen LogP contribution in [0.1, 0.15) is 296 Å². The van der Waals surface area contributed by atoms with Gasteiger partial charge in [0.15, 0.2) is 0 Å². The second kappa shape index (κ2) is 53.7. The number of aliphatic hydroxyl groups excluding tert-OH is 2. The summed E-state index contributed by atoms with van der Waals surface area (Å²) in [4.78, 5) is 24.5. The summed E-state index contributed by atoms with van der Waals surface area (Å²) < 4.78 is 5.44. The Morgan fingerprint density at radius 1 is 0.422 bits per heavy atom. The van der Waals surface area contributed by atoms with Crippen molar-refractivity contribution in [3.8, 4) is 0 Å². The molecular formula is C58H109NO5. The Morgan fingerprint density at radius 2 is 0.734 bits per heavy atom. The number of allylic oxidation sites excluding steroid dienone is 5. The number of aliphatic hydroxyl groups is 2. The number of unbranched alkanes of at least 4 members (excludes halogenated alkanes) is 37. The summed E-state index contributed by atoms with van der Waals surface area (Å²) in [6.07, 6.45) is 65.9. The molecule has 0 aliphatic rings. The molecule has 0 heterocycles. The van der Waals surface area contributed by atoms with Crippen LogP contribution in [-0.4, -0.2) is 47.4 Å². The van der Waals surface area contributed by atoms with Gasteiger partial charge >= 0.3 is 5.97 Å². The molecule has 6 heteroatoms. The van der Waals surface area contributed by atoms with E-state index in [0.29, 0.717) is 19.4 Å². The largest absolute Gasteiger partial charge is 0.466 e. The lowest BCUT2D eigenvalue weighted by molar-refractivity contribution is -0.143. The van der Waals surface area contributed by atoms with Gasteiger partial charge in [-0.2, -0.15) is 0 Å². The fourth-order valence-corrected chi connectivity index (χ4v) is 8.50. The molecule has 0 saturated carbocycles. The zero-order valence-electron chi connectivity index (χ0n) is 42.8. The third-order valence-electron chi connectivity index (χ3n) is 12.9. The van der Waals surface area contributed by atoms with Crippen LogP contribution in [0, 0.1) is 0 Å². The van der Waals surface area contributed by atoms with E-state index in [1.807, 2.05) is 6.08 Å². The number of esters is 1. The van der Waals surface area contributed by atoms with Gasteiger partial charge in [0, 0.05) is 12.8 Å². The van der Waals surface area contributed by atoms with Crippen LogP contribution in [0.2, 0.25) is 0 Å². The van der Waals surface area contributed by atoms with Crippen LogP contribution in [0.4, 0.5) is 0 Å². The van der Waals surface area contributed by atoms with Crippen LogP contribution in [-0.2, 0) is 14.3 Å². The zero-order chi connectivity index (χ0) is 46.5. The molecule has 2 atom stereocenters. The molecule has 0 saturated heterocycles. The summed E-state index contributed by atoms with van der Waals surface area (Å²) in [5.41, 5.74) is 0. The molecule has 0 aromatic carbocycles. The molecule has 376 valence electrons. The number of amides is 1. The van der Waals surface area contributed by atoms with Crippen LogP contribution in [0.25, 0.3) is 0 Å². The summed E-state index contributed by atoms with van der Waals surface area (Å²) in [5, 5.41) is 23.1. The van der Waals surface area contributed by atoms with E-state index in [1.54, 1.807) is 6.08 Å². The summed E-state index contributed by atoms with van der Waals surface area (Å²) in [6.45, 7) is 4.83. The Bertz CT molecular complexity index is 1040. The van der Waals surface area contributed by atoms with E-state index in [9.17, 15) is 19.8 Å².